The summed E-state index contributed by atoms with van der Waals surface area (Å²) >= 11 is 0. The summed E-state index contributed by atoms with van der Waals surface area (Å²) < 4.78 is 5.51. The van der Waals surface area contributed by atoms with Gasteiger partial charge in [0.05, 0.1) is 6.10 Å². The number of rotatable bonds is 8. The van der Waals surface area contributed by atoms with E-state index in [4.69, 9.17) is 4.74 Å². The second-order valence-corrected chi connectivity index (χ2v) is 8.87. The SMILES string of the molecule is CC(C)c1ccc(C(O)C(O)CCNC(=O)OCC2c3ccccc3-c3ccccc32)cc1. The first-order valence-corrected chi connectivity index (χ1v) is 11.5. The second-order valence-electron chi connectivity index (χ2n) is 8.87. The van der Waals surface area contributed by atoms with E-state index in [2.05, 4.69) is 43.4 Å². The minimum Gasteiger partial charge on any atom is -0.449 e. The van der Waals surface area contributed by atoms with Crippen molar-refractivity contribution in [3.05, 3.63) is 95.1 Å². The molecule has 1 aliphatic rings. The van der Waals surface area contributed by atoms with E-state index >= 15 is 0 Å². The van der Waals surface area contributed by atoms with Crippen molar-refractivity contribution in [1.29, 1.82) is 0 Å². The Morgan fingerprint density at radius 2 is 1.42 bits per heavy atom. The van der Waals surface area contributed by atoms with Crippen molar-refractivity contribution in [1.82, 2.24) is 5.32 Å². The highest BCUT2D eigenvalue weighted by atomic mass is 16.5. The Labute approximate surface area is 195 Å². The van der Waals surface area contributed by atoms with Crippen molar-refractivity contribution in [3.63, 3.8) is 0 Å². The van der Waals surface area contributed by atoms with Crippen molar-refractivity contribution in [2.75, 3.05) is 13.2 Å². The number of nitrogens with one attached hydrogen (secondary N) is 1. The summed E-state index contributed by atoms with van der Waals surface area (Å²) in [4.78, 5) is 12.3. The molecule has 3 N–H and O–H groups in total. The van der Waals surface area contributed by atoms with E-state index in [0.29, 0.717) is 11.5 Å². The van der Waals surface area contributed by atoms with Crippen LogP contribution in [0.5, 0.6) is 0 Å². The molecule has 0 spiro atoms. The zero-order chi connectivity index (χ0) is 23.4. The van der Waals surface area contributed by atoms with Crippen molar-refractivity contribution in [2.45, 2.75) is 44.3 Å². The van der Waals surface area contributed by atoms with Gasteiger partial charge in [0.15, 0.2) is 0 Å². The summed E-state index contributed by atoms with van der Waals surface area (Å²) in [6, 6.07) is 24.0. The summed E-state index contributed by atoms with van der Waals surface area (Å²) in [6.45, 7) is 4.66. The smallest absolute Gasteiger partial charge is 0.407 e. The first-order chi connectivity index (χ1) is 16.0. The normalized spacial score (nSPS) is 14.5. The average Bonchev–Trinajstić information content (AvgIpc) is 3.16. The van der Waals surface area contributed by atoms with Crippen LogP contribution in [0.15, 0.2) is 72.8 Å². The molecule has 3 aromatic carbocycles. The molecule has 0 saturated carbocycles. The van der Waals surface area contributed by atoms with Gasteiger partial charge in [-0.2, -0.15) is 0 Å². The lowest BCUT2D eigenvalue weighted by molar-refractivity contribution is 0.0136. The van der Waals surface area contributed by atoms with E-state index in [1.807, 2.05) is 48.5 Å². The molecule has 1 aliphatic carbocycles. The van der Waals surface area contributed by atoms with Crippen LogP contribution in [0.3, 0.4) is 0 Å². The fourth-order valence-electron chi connectivity index (χ4n) is 4.43. The van der Waals surface area contributed by atoms with Crippen LogP contribution in [0.4, 0.5) is 4.79 Å². The molecule has 2 atom stereocenters. The van der Waals surface area contributed by atoms with E-state index in [-0.39, 0.29) is 25.5 Å². The Morgan fingerprint density at radius 1 is 0.879 bits per heavy atom. The third kappa shape index (κ3) is 5.10. The molecule has 4 rings (SSSR count). The maximum atomic E-state index is 12.3. The van der Waals surface area contributed by atoms with Crippen LogP contribution < -0.4 is 5.32 Å². The van der Waals surface area contributed by atoms with Crippen LogP contribution >= 0.6 is 0 Å². The average molecular weight is 446 g/mol. The number of amides is 1. The molecule has 0 aromatic heterocycles. The number of hydrogen-bond donors (Lipinski definition) is 3. The van der Waals surface area contributed by atoms with Gasteiger partial charge < -0.3 is 20.3 Å². The summed E-state index contributed by atoms with van der Waals surface area (Å²) in [6.07, 6.45) is -2.30. The predicted molar refractivity (Wildman–Crippen MR) is 129 cm³/mol. The van der Waals surface area contributed by atoms with Gasteiger partial charge in [-0.3, -0.25) is 0 Å². The number of hydrogen-bond acceptors (Lipinski definition) is 4. The van der Waals surface area contributed by atoms with Crippen LogP contribution in [-0.2, 0) is 4.74 Å². The molecule has 1 amide bonds. The Balaban J connectivity index is 1.26. The molecule has 5 heteroatoms. The molecule has 0 saturated heterocycles. The molecule has 3 aromatic rings. The fraction of sp³-hybridized carbons (Fsp3) is 0.321. The maximum Gasteiger partial charge on any atom is 0.407 e. The quantitative estimate of drug-likeness (QED) is 0.449. The number of aliphatic hydroxyl groups excluding tert-OH is 2. The van der Waals surface area contributed by atoms with Gasteiger partial charge in [-0.05, 0) is 45.7 Å². The third-order valence-corrected chi connectivity index (χ3v) is 6.36. The number of fused-ring (bicyclic) bond motifs is 3. The van der Waals surface area contributed by atoms with Gasteiger partial charge in [0.2, 0.25) is 0 Å². The van der Waals surface area contributed by atoms with E-state index in [1.54, 1.807) is 0 Å². The van der Waals surface area contributed by atoms with Crippen LogP contribution in [0, 0.1) is 0 Å². The highest BCUT2D eigenvalue weighted by Crippen LogP contribution is 2.44. The van der Waals surface area contributed by atoms with Crippen LogP contribution in [0.25, 0.3) is 11.1 Å². The molecular formula is C28H31NO4. The fourth-order valence-corrected chi connectivity index (χ4v) is 4.43. The van der Waals surface area contributed by atoms with Gasteiger partial charge in [-0.15, -0.1) is 0 Å². The number of benzene rings is 3. The molecule has 33 heavy (non-hydrogen) atoms. The maximum absolute atomic E-state index is 12.3. The first-order valence-electron chi connectivity index (χ1n) is 11.5. The molecule has 0 radical (unpaired) electrons. The third-order valence-electron chi connectivity index (χ3n) is 6.36. The van der Waals surface area contributed by atoms with Crippen molar-refractivity contribution >= 4 is 6.09 Å². The molecule has 2 unspecified atom stereocenters. The Kier molecular flexibility index (Phi) is 7.11. The van der Waals surface area contributed by atoms with E-state index in [9.17, 15) is 15.0 Å². The van der Waals surface area contributed by atoms with Crippen molar-refractivity contribution in [2.24, 2.45) is 0 Å². The Morgan fingerprint density at radius 3 is 2.00 bits per heavy atom. The zero-order valence-electron chi connectivity index (χ0n) is 19.1. The molecular weight excluding hydrogens is 414 g/mol. The van der Waals surface area contributed by atoms with E-state index in [1.165, 1.54) is 16.7 Å². The minimum absolute atomic E-state index is 0.00405. The lowest BCUT2D eigenvalue weighted by Crippen LogP contribution is -2.30. The van der Waals surface area contributed by atoms with Crippen LogP contribution in [-0.4, -0.2) is 35.6 Å². The number of ether oxygens (including phenoxy) is 1. The van der Waals surface area contributed by atoms with Crippen molar-refractivity contribution < 1.29 is 19.7 Å². The Bertz CT molecular complexity index is 1050. The predicted octanol–water partition coefficient (Wildman–Crippen LogP) is 5.13. The van der Waals surface area contributed by atoms with E-state index < -0.39 is 18.3 Å². The first kappa shape index (κ1) is 23.0. The van der Waals surface area contributed by atoms with Crippen molar-refractivity contribution in [3.8, 4) is 11.1 Å². The van der Waals surface area contributed by atoms with Gasteiger partial charge in [0.1, 0.15) is 12.7 Å². The second kappa shape index (κ2) is 10.2. The van der Waals surface area contributed by atoms with Crippen LogP contribution in [0.1, 0.15) is 60.5 Å². The summed E-state index contributed by atoms with van der Waals surface area (Å²) in [5.74, 6) is 0.409. The molecule has 0 aliphatic heterocycles. The molecule has 172 valence electrons. The lowest BCUT2D eigenvalue weighted by Gasteiger charge is -2.19. The number of carbonyl (C=O) groups is 1. The summed E-state index contributed by atoms with van der Waals surface area (Å²) in [5, 5.41) is 23.4. The van der Waals surface area contributed by atoms with Gasteiger partial charge in [0, 0.05) is 12.5 Å². The van der Waals surface area contributed by atoms with Gasteiger partial charge in [0.25, 0.3) is 0 Å². The number of carbonyl (C=O) groups excluding carboxylic acids is 1. The molecule has 0 fully saturated rings. The van der Waals surface area contributed by atoms with Gasteiger partial charge >= 0.3 is 6.09 Å². The molecule has 5 nitrogen and oxygen atoms in total. The zero-order valence-corrected chi connectivity index (χ0v) is 19.1. The molecule has 0 heterocycles. The highest BCUT2D eigenvalue weighted by molar-refractivity contribution is 5.79. The summed E-state index contributed by atoms with van der Waals surface area (Å²) in [7, 11) is 0. The van der Waals surface area contributed by atoms with E-state index in [0.717, 1.165) is 11.1 Å². The summed E-state index contributed by atoms with van der Waals surface area (Å²) in [5.41, 5.74) is 6.52. The Hall–Kier alpha value is -3.15. The lowest BCUT2D eigenvalue weighted by atomic mass is 9.97. The molecule has 0 bridgehead atoms. The number of aliphatic hydroxyl groups is 2. The number of alkyl carbamates (subject to hydrolysis) is 1. The largest absolute Gasteiger partial charge is 0.449 e. The van der Waals surface area contributed by atoms with Gasteiger partial charge in [-0.1, -0.05) is 86.6 Å². The monoisotopic (exact) mass is 445 g/mol. The minimum atomic E-state index is -1.00. The highest BCUT2D eigenvalue weighted by Gasteiger charge is 2.29. The van der Waals surface area contributed by atoms with Gasteiger partial charge in [-0.25, -0.2) is 4.79 Å². The van der Waals surface area contributed by atoms with Crippen LogP contribution in [0.2, 0.25) is 0 Å². The standard InChI is InChI=1S/C28H31NO4/c1-18(2)19-11-13-20(14-12-19)27(31)26(30)15-16-29-28(32)33-17-25-23-9-5-3-7-21(23)22-8-4-6-10-24(22)25/h3-14,18,25-27,30-31H,15-17H2,1-2H3,(H,29,32). The topological polar surface area (TPSA) is 78.8 Å².